The standard InChI is InChI=1S/C22H21N5O2/c1-13-24-11-15(12-25-13)14-8-9-16-18(10-14)27(21(29)22(16,2)3)19-7-5-6-17(26-19)20(28)23-4/h5-12H,1-4H3,(H,23,28). The van der Waals surface area contributed by atoms with Gasteiger partial charge >= 0.3 is 0 Å². The van der Waals surface area contributed by atoms with Crippen molar-refractivity contribution in [2.45, 2.75) is 26.2 Å². The van der Waals surface area contributed by atoms with Crippen LogP contribution < -0.4 is 10.2 Å². The summed E-state index contributed by atoms with van der Waals surface area (Å²) >= 11 is 0. The zero-order valence-electron chi connectivity index (χ0n) is 16.7. The van der Waals surface area contributed by atoms with Crippen LogP contribution in [0.15, 0.2) is 48.8 Å². The van der Waals surface area contributed by atoms with Gasteiger partial charge < -0.3 is 5.32 Å². The fourth-order valence-electron chi connectivity index (χ4n) is 3.50. The lowest BCUT2D eigenvalue weighted by Crippen LogP contribution is -2.34. The largest absolute Gasteiger partial charge is 0.354 e. The number of carbonyl (C=O) groups excluding carboxylic acids is 2. The highest BCUT2D eigenvalue weighted by atomic mass is 16.2. The first-order chi connectivity index (χ1) is 13.8. The van der Waals surface area contributed by atoms with Crippen molar-refractivity contribution in [2.24, 2.45) is 0 Å². The molecule has 1 aromatic carbocycles. The van der Waals surface area contributed by atoms with E-state index < -0.39 is 5.41 Å². The van der Waals surface area contributed by atoms with Crippen LogP contribution in [0.3, 0.4) is 0 Å². The summed E-state index contributed by atoms with van der Waals surface area (Å²) in [6, 6.07) is 11.0. The Morgan fingerprint density at radius 3 is 2.48 bits per heavy atom. The average Bonchev–Trinajstić information content (AvgIpc) is 2.93. The highest BCUT2D eigenvalue weighted by molar-refractivity contribution is 6.12. The van der Waals surface area contributed by atoms with Gasteiger partial charge in [-0.3, -0.25) is 14.5 Å². The average molecular weight is 387 g/mol. The fourth-order valence-corrected chi connectivity index (χ4v) is 3.50. The van der Waals surface area contributed by atoms with Crippen LogP contribution in [0.25, 0.3) is 11.1 Å². The molecule has 2 aromatic heterocycles. The summed E-state index contributed by atoms with van der Waals surface area (Å²) < 4.78 is 0. The first kappa shape index (κ1) is 18.7. The number of amides is 2. The fraction of sp³-hybridized carbons (Fsp3) is 0.227. The Labute approximate surface area is 168 Å². The first-order valence-electron chi connectivity index (χ1n) is 9.30. The van der Waals surface area contributed by atoms with Crippen LogP contribution in [0.2, 0.25) is 0 Å². The van der Waals surface area contributed by atoms with Crippen LogP contribution in [0, 0.1) is 6.92 Å². The number of aromatic nitrogens is 3. The van der Waals surface area contributed by atoms with E-state index in [1.807, 2.05) is 39.0 Å². The van der Waals surface area contributed by atoms with E-state index in [9.17, 15) is 9.59 Å². The van der Waals surface area contributed by atoms with Crippen LogP contribution in [-0.2, 0) is 10.2 Å². The quantitative estimate of drug-likeness (QED) is 0.746. The number of carbonyl (C=O) groups is 2. The van der Waals surface area contributed by atoms with Gasteiger partial charge in [0, 0.05) is 25.0 Å². The van der Waals surface area contributed by atoms with Crippen LogP contribution in [-0.4, -0.2) is 33.8 Å². The number of hydrogen-bond acceptors (Lipinski definition) is 5. The van der Waals surface area contributed by atoms with E-state index in [2.05, 4.69) is 20.3 Å². The molecule has 1 aliphatic rings. The van der Waals surface area contributed by atoms with Gasteiger partial charge in [-0.1, -0.05) is 18.2 Å². The molecular weight excluding hydrogens is 366 g/mol. The van der Waals surface area contributed by atoms with Crippen molar-refractivity contribution in [3.8, 4) is 11.1 Å². The summed E-state index contributed by atoms with van der Waals surface area (Å²) in [5, 5.41) is 2.56. The molecule has 7 nitrogen and oxygen atoms in total. The lowest BCUT2D eigenvalue weighted by atomic mass is 9.85. The van der Waals surface area contributed by atoms with Gasteiger partial charge in [0.2, 0.25) is 5.91 Å². The predicted octanol–water partition coefficient (Wildman–Crippen LogP) is 3.16. The molecule has 7 heteroatoms. The van der Waals surface area contributed by atoms with Crippen LogP contribution in [0.4, 0.5) is 11.5 Å². The third kappa shape index (κ3) is 3.04. The topological polar surface area (TPSA) is 88.1 Å². The molecule has 0 bridgehead atoms. The molecule has 0 unspecified atom stereocenters. The van der Waals surface area contributed by atoms with E-state index in [4.69, 9.17) is 0 Å². The first-order valence-corrected chi connectivity index (χ1v) is 9.30. The van der Waals surface area contributed by atoms with Gasteiger partial charge in [-0.2, -0.15) is 0 Å². The van der Waals surface area contributed by atoms with Gasteiger partial charge in [0.15, 0.2) is 0 Å². The summed E-state index contributed by atoms with van der Waals surface area (Å²) in [6.07, 6.45) is 3.53. The van der Waals surface area contributed by atoms with Gasteiger partial charge in [-0.05, 0) is 50.1 Å². The summed E-state index contributed by atoms with van der Waals surface area (Å²) in [7, 11) is 1.55. The van der Waals surface area contributed by atoms with Crippen molar-refractivity contribution in [3.63, 3.8) is 0 Å². The molecule has 4 rings (SSSR count). The molecule has 29 heavy (non-hydrogen) atoms. The number of pyridine rings is 1. The lowest BCUT2D eigenvalue weighted by Gasteiger charge is -2.20. The van der Waals surface area contributed by atoms with Crippen molar-refractivity contribution in [2.75, 3.05) is 11.9 Å². The third-order valence-electron chi connectivity index (χ3n) is 5.19. The SMILES string of the molecule is CNC(=O)c1cccc(N2C(=O)C(C)(C)c3ccc(-c4cnc(C)nc4)cc32)n1. The minimum Gasteiger partial charge on any atom is -0.354 e. The molecule has 2 amide bonds. The molecular formula is C22H21N5O2. The van der Waals surface area contributed by atoms with Gasteiger partial charge in [0.05, 0.1) is 11.1 Å². The Bertz CT molecular complexity index is 1120. The second kappa shape index (κ2) is 6.77. The monoisotopic (exact) mass is 387 g/mol. The molecule has 0 saturated heterocycles. The summed E-state index contributed by atoms with van der Waals surface area (Å²) in [5.41, 5.74) is 2.98. The van der Waals surface area contributed by atoms with Crippen molar-refractivity contribution in [3.05, 3.63) is 65.9 Å². The molecule has 0 atom stereocenters. The molecule has 1 aliphatic heterocycles. The number of hydrogen-bond donors (Lipinski definition) is 1. The molecule has 3 aromatic rings. The number of nitrogens with one attached hydrogen (secondary N) is 1. The zero-order chi connectivity index (χ0) is 20.8. The molecule has 0 radical (unpaired) electrons. The van der Waals surface area contributed by atoms with Gasteiger partial charge in [-0.25, -0.2) is 15.0 Å². The van der Waals surface area contributed by atoms with E-state index in [0.717, 1.165) is 22.4 Å². The number of benzene rings is 1. The maximum atomic E-state index is 13.3. The number of fused-ring (bicyclic) bond motifs is 1. The Hall–Kier alpha value is -3.61. The molecule has 0 aliphatic carbocycles. The van der Waals surface area contributed by atoms with E-state index in [1.54, 1.807) is 42.5 Å². The summed E-state index contributed by atoms with van der Waals surface area (Å²) in [6.45, 7) is 5.62. The molecule has 0 fully saturated rings. The van der Waals surface area contributed by atoms with Crippen LogP contribution in [0.1, 0.15) is 35.7 Å². The van der Waals surface area contributed by atoms with E-state index in [-0.39, 0.29) is 17.5 Å². The highest BCUT2D eigenvalue weighted by Gasteiger charge is 2.45. The predicted molar refractivity (Wildman–Crippen MR) is 110 cm³/mol. The normalized spacial score (nSPS) is 14.6. The number of anilines is 2. The van der Waals surface area contributed by atoms with Crippen molar-refractivity contribution in [1.82, 2.24) is 20.3 Å². The van der Waals surface area contributed by atoms with Crippen molar-refractivity contribution < 1.29 is 9.59 Å². The van der Waals surface area contributed by atoms with E-state index in [1.165, 1.54) is 0 Å². The highest BCUT2D eigenvalue weighted by Crippen LogP contribution is 2.46. The molecule has 146 valence electrons. The maximum absolute atomic E-state index is 13.3. The van der Waals surface area contributed by atoms with Crippen molar-refractivity contribution >= 4 is 23.3 Å². The second-order valence-electron chi connectivity index (χ2n) is 7.48. The van der Waals surface area contributed by atoms with Crippen LogP contribution >= 0.6 is 0 Å². The summed E-state index contributed by atoms with van der Waals surface area (Å²) in [4.78, 5) is 39.8. The Morgan fingerprint density at radius 1 is 1.07 bits per heavy atom. The smallest absolute Gasteiger partial charge is 0.269 e. The minimum atomic E-state index is -0.706. The van der Waals surface area contributed by atoms with E-state index >= 15 is 0 Å². The summed E-state index contributed by atoms with van der Waals surface area (Å²) in [5.74, 6) is 0.721. The number of rotatable bonds is 3. The van der Waals surface area contributed by atoms with Gasteiger partial charge in [0.1, 0.15) is 17.3 Å². The maximum Gasteiger partial charge on any atom is 0.269 e. The van der Waals surface area contributed by atoms with E-state index in [0.29, 0.717) is 11.6 Å². The van der Waals surface area contributed by atoms with Gasteiger partial charge in [-0.15, -0.1) is 0 Å². The second-order valence-corrected chi connectivity index (χ2v) is 7.48. The molecule has 1 N–H and O–H groups in total. The van der Waals surface area contributed by atoms with Gasteiger partial charge in [0.25, 0.3) is 5.91 Å². The van der Waals surface area contributed by atoms with Crippen LogP contribution in [0.5, 0.6) is 0 Å². The lowest BCUT2D eigenvalue weighted by molar-refractivity contribution is -0.121. The Kier molecular flexibility index (Phi) is 4.38. The molecule has 3 heterocycles. The Morgan fingerprint density at radius 2 is 1.79 bits per heavy atom. The third-order valence-corrected chi connectivity index (χ3v) is 5.19. The van der Waals surface area contributed by atoms with Crippen molar-refractivity contribution in [1.29, 1.82) is 0 Å². The number of aryl methyl sites for hydroxylation is 1. The molecule has 0 saturated carbocycles. The molecule has 0 spiro atoms. The minimum absolute atomic E-state index is 0.0913. The number of nitrogens with zero attached hydrogens (tertiary/aromatic N) is 4. The Balaban J connectivity index is 1.86. The zero-order valence-corrected chi connectivity index (χ0v) is 16.7.